The Morgan fingerprint density at radius 2 is 1.80 bits per heavy atom. The summed E-state index contributed by atoms with van der Waals surface area (Å²) in [6.45, 7) is 2.88. The highest BCUT2D eigenvalue weighted by molar-refractivity contribution is 5.83. The van der Waals surface area contributed by atoms with Crippen LogP contribution in [0.2, 0.25) is 0 Å². The van der Waals surface area contributed by atoms with Gasteiger partial charge in [-0.2, -0.15) is 0 Å². The van der Waals surface area contributed by atoms with Gasteiger partial charge < -0.3 is 9.88 Å². The monoisotopic (exact) mass is 398 g/mol. The van der Waals surface area contributed by atoms with Crippen molar-refractivity contribution in [3.63, 3.8) is 0 Å². The molecule has 1 N–H and O–H groups in total. The standard InChI is InChI=1S/C27H30N2O/c1-2-26(30)27-23(17-22-14-15-24(27)28-22)20-10-12-21(13-11-20)25-9-6-16-29(25)18-19-7-4-3-5-8-19/h3-13,16,22-24,27-28H,2,14-15,17-18H2,1H3/t22-,23+,24+,27-/m0/s1. The number of nitrogens with zero attached hydrogens (tertiary/aromatic N) is 1. The number of hydrogen-bond donors (Lipinski definition) is 1. The summed E-state index contributed by atoms with van der Waals surface area (Å²) in [7, 11) is 0. The van der Waals surface area contributed by atoms with E-state index in [0.29, 0.717) is 30.2 Å². The number of rotatable bonds is 6. The summed E-state index contributed by atoms with van der Waals surface area (Å²) >= 11 is 0. The van der Waals surface area contributed by atoms with Gasteiger partial charge in [0.15, 0.2) is 0 Å². The highest BCUT2D eigenvalue weighted by atomic mass is 16.1. The van der Waals surface area contributed by atoms with Crippen LogP contribution in [0.15, 0.2) is 72.9 Å². The molecule has 0 amide bonds. The van der Waals surface area contributed by atoms with Gasteiger partial charge >= 0.3 is 0 Å². The van der Waals surface area contributed by atoms with Gasteiger partial charge in [0, 0.05) is 42.9 Å². The first-order valence-electron chi connectivity index (χ1n) is 11.3. The van der Waals surface area contributed by atoms with Gasteiger partial charge in [-0.15, -0.1) is 0 Å². The van der Waals surface area contributed by atoms with Crippen molar-refractivity contribution in [2.45, 2.75) is 57.2 Å². The molecular formula is C27H30N2O. The smallest absolute Gasteiger partial charge is 0.137 e. The van der Waals surface area contributed by atoms with Crippen molar-refractivity contribution in [1.82, 2.24) is 9.88 Å². The second kappa shape index (κ2) is 8.23. The van der Waals surface area contributed by atoms with Crippen molar-refractivity contribution < 1.29 is 4.79 Å². The summed E-state index contributed by atoms with van der Waals surface area (Å²) in [5, 5.41) is 3.70. The van der Waals surface area contributed by atoms with Crippen molar-refractivity contribution in [2.75, 3.05) is 0 Å². The lowest BCUT2D eigenvalue weighted by Crippen LogP contribution is -2.47. The molecule has 2 aliphatic heterocycles. The summed E-state index contributed by atoms with van der Waals surface area (Å²) in [6, 6.07) is 24.8. The summed E-state index contributed by atoms with van der Waals surface area (Å²) in [5.74, 6) is 0.890. The molecule has 30 heavy (non-hydrogen) atoms. The van der Waals surface area contributed by atoms with Crippen LogP contribution < -0.4 is 5.32 Å². The summed E-state index contributed by atoms with van der Waals surface area (Å²) in [4.78, 5) is 12.8. The second-order valence-electron chi connectivity index (χ2n) is 8.86. The fraction of sp³-hybridized carbons (Fsp3) is 0.370. The average molecular weight is 399 g/mol. The number of fused-ring (bicyclic) bond motifs is 2. The Morgan fingerprint density at radius 3 is 2.57 bits per heavy atom. The largest absolute Gasteiger partial charge is 0.343 e. The SMILES string of the molecule is CCC(=O)[C@H]1[C@@H](c2ccc(-c3cccn3Cc3ccccc3)cc2)C[C@@H]2CC[C@H]1N2. The minimum Gasteiger partial charge on any atom is -0.343 e. The highest BCUT2D eigenvalue weighted by Gasteiger charge is 2.44. The quantitative estimate of drug-likeness (QED) is 0.603. The number of aromatic nitrogens is 1. The van der Waals surface area contributed by atoms with Crippen molar-refractivity contribution in [2.24, 2.45) is 5.92 Å². The minimum atomic E-state index is 0.126. The molecule has 4 atom stereocenters. The molecule has 5 rings (SSSR count). The predicted octanol–water partition coefficient (Wildman–Crippen LogP) is 5.41. The Balaban J connectivity index is 1.40. The van der Waals surface area contributed by atoms with Gasteiger partial charge in [0.2, 0.25) is 0 Å². The molecule has 3 nitrogen and oxygen atoms in total. The second-order valence-corrected chi connectivity index (χ2v) is 8.86. The lowest BCUT2D eigenvalue weighted by molar-refractivity contribution is -0.124. The van der Waals surface area contributed by atoms with E-state index in [0.717, 1.165) is 19.4 Å². The molecule has 1 aromatic heterocycles. The van der Waals surface area contributed by atoms with Crippen molar-refractivity contribution >= 4 is 5.78 Å². The number of piperidine rings is 1. The van der Waals surface area contributed by atoms with Gasteiger partial charge in [0.1, 0.15) is 5.78 Å². The number of carbonyl (C=O) groups is 1. The van der Waals surface area contributed by atoms with Crippen LogP contribution in [0.3, 0.4) is 0 Å². The van der Waals surface area contributed by atoms with E-state index in [4.69, 9.17) is 0 Å². The Morgan fingerprint density at radius 1 is 1.00 bits per heavy atom. The first-order chi connectivity index (χ1) is 14.7. The van der Waals surface area contributed by atoms with Crippen molar-refractivity contribution in [3.05, 3.63) is 84.1 Å². The number of hydrogen-bond acceptors (Lipinski definition) is 2. The summed E-state index contributed by atoms with van der Waals surface area (Å²) < 4.78 is 2.30. The zero-order valence-electron chi connectivity index (χ0n) is 17.6. The van der Waals surface area contributed by atoms with E-state index >= 15 is 0 Å². The zero-order chi connectivity index (χ0) is 20.5. The molecule has 2 aliphatic rings. The molecule has 0 spiro atoms. The van der Waals surface area contributed by atoms with Crippen LogP contribution in [-0.4, -0.2) is 22.4 Å². The summed E-state index contributed by atoms with van der Waals surface area (Å²) in [6.07, 6.45) is 6.21. The molecule has 0 saturated carbocycles. The van der Waals surface area contributed by atoms with Crippen LogP contribution in [-0.2, 0) is 11.3 Å². The molecule has 3 heterocycles. The van der Waals surface area contributed by atoms with Crippen LogP contribution in [0.25, 0.3) is 11.3 Å². The lowest BCUT2D eigenvalue weighted by Gasteiger charge is -2.37. The Bertz CT molecular complexity index is 1000. The van der Waals surface area contributed by atoms with E-state index in [1.165, 1.54) is 28.8 Å². The number of carbonyl (C=O) groups excluding carboxylic acids is 1. The third kappa shape index (κ3) is 3.63. The molecule has 2 aromatic carbocycles. The van der Waals surface area contributed by atoms with Gasteiger partial charge in [-0.3, -0.25) is 4.79 Å². The molecular weight excluding hydrogens is 368 g/mol. The van der Waals surface area contributed by atoms with Crippen LogP contribution in [0, 0.1) is 5.92 Å². The normalized spacial score (nSPS) is 25.4. The molecule has 0 radical (unpaired) electrons. The van der Waals surface area contributed by atoms with Gasteiger partial charge in [-0.25, -0.2) is 0 Å². The van der Waals surface area contributed by atoms with E-state index < -0.39 is 0 Å². The molecule has 0 aliphatic carbocycles. The van der Waals surface area contributed by atoms with Crippen molar-refractivity contribution in [3.8, 4) is 11.3 Å². The summed E-state index contributed by atoms with van der Waals surface area (Å²) in [5.41, 5.74) is 5.09. The molecule has 2 saturated heterocycles. The molecule has 154 valence electrons. The average Bonchev–Trinajstić information content (AvgIpc) is 3.40. The van der Waals surface area contributed by atoms with Crippen LogP contribution in [0.1, 0.15) is 49.7 Å². The van der Waals surface area contributed by atoms with E-state index in [1.807, 2.05) is 6.92 Å². The topological polar surface area (TPSA) is 34.0 Å². The fourth-order valence-electron chi connectivity index (χ4n) is 5.58. The molecule has 0 unspecified atom stereocenters. The molecule has 2 fully saturated rings. The fourth-order valence-corrected chi connectivity index (χ4v) is 5.58. The number of Topliss-reactive ketones (excluding diaryl/α,β-unsaturated/α-hetero) is 1. The third-order valence-corrected chi connectivity index (χ3v) is 7.06. The zero-order valence-corrected chi connectivity index (χ0v) is 17.6. The van der Waals surface area contributed by atoms with Crippen LogP contribution in [0.4, 0.5) is 0 Å². The van der Waals surface area contributed by atoms with E-state index in [1.54, 1.807) is 0 Å². The number of ketones is 1. The lowest BCUT2D eigenvalue weighted by atomic mass is 9.74. The Hall–Kier alpha value is -2.65. The van der Waals surface area contributed by atoms with Gasteiger partial charge in [0.25, 0.3) is 0 Å². The third-order valence-electron chi connectivity index (χ3n) is 7.06. The van der Waals surface area contributed by atoms with Crippen LogP contribution >= 0.6 is 0 Å². The number of nitrogens with one attached hydrogen (secondary N) is 1. The van der Waals surface area contributed by atoms with E-state index in [-0.39, 0.29) is 5.92 Å². The Kier molecular flexibility index (Phi) is 5.30. The predicted molar refractivity (Wildman–Crippen MR) is 122 cm³/mol. The maximum absolute atomic E-state index is 12.8. The highest BCUT2D eigenvalue weighted by Crippen LogP contribution is 2.43. The molecule has 3 heteroatoms. The van der Waals surface area contributed by atoms with Gasteiger partial charge in [-0.05, 0) is 54.0 Å². The maximum atomic E-state index is 12.8. The first kappa shape index (κ1) is 19.3. The van der Waals surface area contributed by atoms with Gasteiger partial charge in [0.05, 0.1) is 0 Å². The van der Waals surface area contributed by atoms with E-state index in [2.05, 4.69) is 82.8 Å². The van der Waals surface area contributed by atoms with Gasteiger partial charge in [-0.1, -0.05) is 61.5 Å². The van der Waals surface area contributed by atoms with E-state index in [9.17, 15) is 4.79 Å². The maximum Gasteiger partial charge on any atom is 0.137 e. The first-order valence-corrected chi connectivity index (χ1v) is 11.3. The van der Waals surface area contributed by atoms with Crippen molar-refractivity contribution in [1.29, 1.82) is 0 Å². The Labute approximate surface area is 179 Å². The molecule has 2 bridgehead atoms. The molecule has 3 aromatic rings. The minimum absolute atomic E-state index is 0.126. The number of benzene rings is 2. The van der Waals surface area contributed by atoms with Crippen LogP contribution in [0.5, 0.6) is 0 Å².